The van der Waals surface area contributed by atoms with Gasteiger partial charge in [-0.25, -0.2) is 0 Å². The second-order valence-electron chi connectivity index (χ2n) is 4.94. The van der Waals surface area contributed by atoms with Crippen LogP contribution >= 0.6 is 11.3 Å². The van der Waals surface area contributed by atoms with E-state index in [0.29, 0.717) is 0 Å². The van der Waals surface area contributed by atoms with E-state index in [1.54, 1.807) is 10.4 Å². The molecule has 17 heavy (non-hydrogen) atoms. The topological polar surface area (TPSA) is 15.3 Å². The van der Waals surface area contributed by atoms with Crippen molar-refractivity contribution in [3.63, 3.8) is 0 Å². The van der Waals surface area contributed by atoms with E-state index in [0.717, 1.165) is 26.2 Å². The average molecular weight is 252 g/mol. The summed E-state index contributed by atoms with van der Waals surface area (Å²) in [5, 5.41) is 3.54. The zero-order valence-corrected chi connectivity index (χ0v) is 11.9. The lowest BCUT2D eigenvalue weighted by molar-refractivity contribution is 0.349. The number of hydrogen-bond donors (Lipinski definition) is 1. The van der Waals surface area contributed by atoms with Crippen LogP contribution in [0.25, 0.3) is 0 Å². The van der Waals surface area contributed by atoms with Gasteiger partial charge in [-0.3, -0.25) is 0 Å². The van der Waals surface area contributed by atoms with E-state index in [9.17, 15) is 0 Å². The number of rotatable bonds is 6. The Bertz CT molecular complexity index is 322. The smallest absolute Gasteiger partial charge is 0.0300 e. The normalized spacial score (nSPS) is 15.2. The van der Waals surface area contributed by atoms with Crippen LogP contribution in [0.2, 0.25) is 0 Å². The van der Waals surface area contributed by atoms with Crippen molar-refractivity contribution in [2.24, 2.45) is 0 Å². The monoisotopic (exact) mass is 252 g/mol. The van der Waals surface area contributed by atoms with Crippen molar-refractivity contribution >= 4 is 11.3 Å². The molecule has 0 aromatic carbocycles. The molecule has 0 unspecified atom stereocenters. The Morgan fingerprint density at radius 1 is 1.35 bits per heavy atom. The average Bonchev–Trinajstić information content (AvgIpc) is 2.76. The largest absolute Gasteiger partial charge is 0.311 e. The molecule has 0 bridgehead atoms. The molecule has 96 valence electrons. The molecule has 0 amide bonds. The summed E-state index contributed by atoms with van der Waals surface area (Å²) in [6.07, 6.45) is 5.41. The molecular weight excluding hydrogens is 228 g/mol. The number of hydrogen-bond acceptors (Lipinski definition) is 3. The molecule has 0 aliphatic heterocycles. The van der Waals surface area contributed by atoms with Crippen LogP contribution in [-0.4, -0.2) is 31.6 Å². The van der Waals surface area contributed by atoms with Gasteiger partial charge in [-0.1, -0.05) is 6.92 Å². The van der Waals surface area contributed by atoms with Gasteiger partial charge in [0.05, 0.1) is 0 Å². The van der Waals surface area contributed by atoms with E-state index in [2.05, 4.69) is 30.3 Å². The molecule has 0 fully saturated rings. The lowest BCUT2D eigenvalue weighted by atomic mass is 9.99. The first-order chi connectivity index (χ1) is 8.29. The van der Waals surface area contributed by atoms with Gasteiger partial charge in [-0.05, 0) is 50.9 Å². The van der Waals surface area contributed by atoms with Gasteiger partial charge < -0.3 is 10.2 Å². The van der Waals surface area contributed by atoms with E-state index in [4.69, 9.17) is 0 Å². The Labute approximate surface area is 109 Å². The highest BCUT2D eigenvalue weighted by molar-refractivity contribution is 7.12. The number of thiophene rings is 1. The lowest BCUT2D eigenvalue weighted by Crippen LogP contribution is -2.28. The van der Waals surface area contributed by atoms with Crippen molar-refractivity contribution in [2.75, 3.05) is 26.7 Å². The van der Waals surface area contributed by atoms with Crippen LogP contribution < -0.4 is 5.32 Å². The fourth-order valence-corrected chi connectivity index (χ4v) is 3.51. The van der Waals surface area contributed by atoms with Crippen LogP contribution in [0, 0.1) is 0 Å². The Balaban J connectivity index is 1.74. The van der Waals surface area contributed by atoms with Crippen molar-refractivity contribution < 1.29 is 0 Å². The molecule has 1 aromatic rings. The Morgan fingerprint density at radius 3 is 2.94 bits per heavy atom. The predicted molar refractivity (Wildman–Crippen MR) is 75.8 cm³/mol. The fraction of sp³-hybridized carbons (Fsp3) is 0.714. The van der Waals surface area contributed by atoms with Gasteiger partial charge in [0.15, 0.2) is 0 Å². The molecule has 2 rings (SSSR count). The van der Waals surface area contributed by atoms with Crippen LogP contribution in [0.1, 0.15) is 35.1 Å². The van der Waals surface area contributed by atoms with E-state index >= 15 is 0 Å². The highest BCUT2D eigenvalue weighted by Gasteiger charge is 2.12. The molecule has 1 heterocycles. The van der Waals surface area contributed by atoms with Crippen molar-refractivity contribution in [3.8, 4) is 0 Å². The van der Waals surface area contributed by atoms with Crippen LogP contribution in [0.5, 0.6) is 0 Å². The summed E-state index contributed by atoms with van der Waals surface area (Å²) < 4.78 is 0. The van der Waals surface area contributed by atoms with E-state index < -0.39 is 0 Å². The first kappa shape index (κ1) is 13.1. The molecular formula is C14H24N2S. The summed E-state index contributed by atoms with van der Waals surface area (Å²) in [6, 6.07) is 2.43. The van der Waals surface area contributed by atoms with Crippen LogP contribution in [0.4, 0.5) is 0 Å². The summed E-state index contributed by atoms with van der Waals surface area (Å²) in [5.41, 5.74) is 1.63. The minimum atomic E-state index is 1.05. The van der Waals surface area contributed by atoms with E-state index in [1.807, 2.05) is 11.3 Å². The van der Waals surface area contributed by atoms with Crippen molar-refractivity contribution in [2.45, 2.75) is 39.2 Å². The molecule has 0 atom stereocenters. The highest BCUT2D eigenvalue weighted by atomic mass is 32.1. The Morgan fingerprint density at radius 2 is 2.18 bits per heavy atom. The molecule has 1 N–H and O–H groups in total. The zero-order valence-electron chi connectivity index (χ0n) is 11.1. The summed E-state index contributed by atoms with van der Waals surface area (Å²) in [7, 11) is 2.17. The molecule has 0 saturated carbocycles. The van der Waals surface area contributed by atoms with Gasteiger partial charge in [0.2, 0.25) is 0 Å². The van der Waals surface area contributed by atoms with Crippen LogP contribution in [-0.2, 0) is 19.4 Å². The minimum absolute atomic E-state index is 1.05. The molecule has 2 nitrogen and oxygen atoms in total. The third-order valence-electron chi connectivity index (χ3n) is 3.56. The van der Waals surface area contributed by atoms with Gasteiger partial charge in [0.25, 0.3) is 0 Å². The second-order valence-corrected chi connectivity index (χ2v) is 6.16. The van der Waals surface area contributed by atoms with Gasteiger partial charge in [0.1, 0.15) is 0 Å². The summed E-state index contributed by atoms with van der Waals surface area (Å²) in [5.74, 6) is 0. The maximum atomic E-state index is 3.54. The number of likely N-dealkylation sites (N-methyl/N-ethyl adjacent to an activating group) is 1. The first-order valence-electron chi connectivity index (χ1n) is 6.79. The SMILES string of the molecule is CCN(C)CCNCc1cc2c(s1)CCCC2. The fourth-order valence-electron chi connectivity index (χ4n) is 2.28. The number of aryl methyl sites for hydroxylation is 2. The number of nitrogens with one attached hydrogen (secondary N) is 1. The van der Waals surface area contributed by atoms with Gasteiger partial charge in [0, 0.05) is 29.4 Å². The van der Waals surface area contributed by atoms with Crippen molar-refractivity contribution in [1.29, 1.82) is 0 Å². The summed E-state index contributed by atoms with van der Waals surface area (Å²) in [4.78, 5) is 5.52. The summed E-state index contributed by atoms with van der Waals surface area (Å²) >= 11 is 2.02. The third kappa shape index (κ3) is 3.80. The van der Waals surface area contributed by atoms with E-state index in [-0.39, 0.29) is 0 Å². The minimum Gasteiger partial charge on any atom is -0.311 e. The number of fused-ring (bicyclic) bond motifs is 1. The molecule has 3 heteroatoms. The van der Waals surface area contributed by atoms with Crippen LogP contribution in [0.15, 0.2) is 6.07 Å². The van der Waals surface area contributed by atoms with Gasteiger partial charge >= 0.3 is 0 Å². The third-order valence-corrected chi connectivity index (χ3v) is 4.79. The first-order valence-corrected chi connectivity index (χ1v) is 7.61. The Hall–Kier alpha value is -0.380. The molecule has 1 aromatic heterocycles. The van der Waals surface area contributed by atoms with Gasteiger partial charge in [-0.2, -0.15) is 0 Å². The molecule has 1 aliphatic rings. The summed E-state index contributed by atoms with van der Waals surface area (Å²) in [6.45, 7) is 6.62. The molecule has 0 radical (unpaired) electrons. The maximum Gasteiger partial charge on any atom is 0.0300 e. The number of nitrogens with zero attached hydrogens (tertiary/aromatic N) is 1. The zero-order chi connectivity index (χ0) is 12.1. The second kappa shape index (κ2) is 6.53. The van der Waals surface area contributed by atoms with Crippen molar-refractivity contribution in [1.82, 2.24) is 10.2 Å². The van der Waals surface area contributed by atoms with Gasteiger partial charge in [-0.15, -0.1) is 11.3 Å². The quantitative estimate of drug-likeness (QED) is 0.783. The maximum absolute atomic E-state index is 3.54. The Kier molecular flexibility index (Phi) is 5.01. The molecule has 1 aliphatic carbocycles. The highest BCUT2D eigenvalue weighted by Crippen LogP contribution is 2.29. The lowest BCUT2D eigenvalue weighted by Gasteiger charge is -2.13. The van der Waals surface area contributed by atoms with Crippen molar-refractivity contribution in [3.05, 3.63) is 21.4 Å². The van der Waals surface area contributed by atoms with E-state index in [1.165, 1.54) is 30.6 Å². The standard InChI is InChI=1S/C14H24N2S/c1-3-16(2)9-8-15-11-13-10-12-6-4-5-7-14(12)17-13/h10,15H,3-9,11H2,1-2H3. The van der Waals surface area contributed by atoms with Crippen LogP contribution in [0.3, 0.4) is 0 Å². The molecule has 0 spiro atoms. The molecule has 0 saturated heterocycles. The predicted octanol–water partition coefficient (Wildman–Crippen LogP) is 2.67.